The number of carboxylic acids is 1. The minimum atomic E-state index is -1.10. The van der Waals surface area contributed by atoms with E-state index in [-0.39, 0.29) is 5.69 Å². The Bertz CT molecular complexity index is 401. The van der Waals surface area contributed by atoms with Crippen molar-refractivity contribution in [1.82, 2.24) is 9.99 Å². The summed E-state index contributed by atoms with van der Waals surface area (Å²) in [6, 6.07) is 3.25. The number of nitrogens with two attached hydrogens (primary N) is 1. The molecule has 0 aliphatic carbocycles. The highest BCUT2D eigenvalue weighted by Gasteiger charge is 2.16. The van der Waals surface area contributed by atoms with E-state index in [1.165, 1.54) is 18.3 Å². The Morgan fingerprint density at radius 2 is 2.33 bits per heavy atom. The number of aromatic nitrogens is 1. The van der Waals surface area contributed by atoms with Gasteiger partial charge in [-0.05, 0) is 12.1 Å². The molecule has 1 rings (SSSR count). The molecule has 6 heteroatoms. The standard InChI is InChI=1S/C9H12N4O2/c1-11-8(13(2)10)6-4-3-5-12-7(6)9(14)15/h3-5H,10H2,1-2H3,(H,14,15). The molecule has 0 saturated heterocycles. The van der Waals surface area contributed by atoms with Gasteiger partial charge in [-0.2, -0.15) is 0 Å². The number of aromatic carboxylic acids is 1. The highest BCUT2D eigenvalue weighted by atomic mass is 16.4. The molecular weight excluding hydrogens is 196 g/mol. The number of hydrogen-bond acceptors (Lipinski definition) is 4. The fourth-order valence-electron chi connectivity index (χ4n) is 1.22. The molecule has 0 aliphatic rings. The molecule has 0 fully saturated rings. The second-order valence-corrected chi connectivity index (χ2v) is 2.86. The summed E-state index contributed by atoms with van der Waals surface area (Å²) in [5.74, 6) is 4.80. The Kier molecular flexibility index (Phi) is 3.35. The first-order chi connectivity index (χ1) is 7.07. The molecule has 0 radical (unpaired) electrons. The van der Waals surface area contributed by atoms with Gasteiger partial charge in [0.05, 0.1) is 5.56 Å². The van der Waals surface area contributed by atoms with E-state index in [4.69, 9.17) is 10.9 Å². The molecule has 1 aromatic heterocycles. The number of pyridine rings is 1. The van der Waals surface area contributed by atoms with E-state index in [0.717, 1.165) is 0 Å². The van der Waals surface area contributed by atoms with Gasteiger partial charge in [0.15, 0.2) is 5.69 Å². The van der Waals surface area contributed by atoms with Crippen molar-refractivity contribution in [3.8, 4) is 0 Å². The van der Waals surface area contributed by atoms with Crippen molar-refractivity contribution in [2.45, 2.75) is 0 Å². The summed E-state index contributed by atoms with van der Waals surface area (Å²) in [7, 11) is 3.12. The first-order valence-electron chi connectivity index (χ1n) is 4.21. The van der Waals surface area contributed by atoms with Crippen molar-refractivity contribution < 1.29 is 9.90 Å². The first kappa shape index (κ1) is 11.1. The van der Waals surface area contributed by atoms with E-state index < -0.39 is 5.97 Å². The van der Waals surface area contributed by atoms with Gasteiger partial charge >= 0.3 is 5.97 Å². The SMILES string of the molecule is CN=C(c1cccnc1C(=O)O)N(C)N. The van der Waals surface area contributed by atoms with Crippen molar-refractivity contribution in [3.05, 3.63) is 29.6 Å². The zero-order chi connectivity index (χ0) is 11.4. The van der Waals surface area contributed by atoms with Crippen LogP contribution in [0, 0.1) is 0 Å². The molecule has 0 aromatic carbocycles. The number of hydrogen-bond donors (Lipinski definition) is 2. The molecule has 0 saturated carbocycles. The van der Waals surface area contributed by atoms with E-state index in [9.17, 15) is 4.79 Å². The quantitative estimate of drug-likeness (QED) is 0.308. The van der Waals surface area contributed by atoms with Crippen LogP contribution in [0.5, 0.6) is 0 Å². The minimum Gasteiger partial charge on any atom is -0.476 e. The number of carboxylic acid groups (broad SMARTS) is 1. The Morgan fingerprint density at radius 3 is 2.80 bits per heavy atom. The lowest BCUT2D eigenvalue weighted by molar-refractivity contribution is 0.0690. The maximum Gasteiger partial charge on any atom is 0.355 e. The molecular formula is C9H12N4O2. The molecule has 6 nitrogen and oxygen atoms in total. The van der Waals surface area contributed by atoms with Crippen molar-refractivity contribution in [3.63, 3.8) is 0 Å². The number of rotatable bonds is 2. The zero-order valence-electron chi connectivity index (χ0n) is 8.51. The minimum absolute atomic E-state index is 0.0598. The highest BCUT2D eigenvalue weighted by molar-refractivity contribution is 6.05. The van der Waals surface area contributed by atoms with Gasteiger partial charge < -0.3 is 5.11 Å². The van der Waals surface area contributed by atoms with Crippen LogP contribution in [0.25, 0.3) is 0 Å². The Balaban J connectivity index is 3.30. The predicted octanol–water partition coefficient (Wildman–Crippen LogP) is -0.0383. The highest BCUT2D eigenvalue weighted by Crippen LogP contribution is 2.07. The summed E-state index contributed by atoms with van der Waals surface area (Å²) in [4.78, 5) is 18.6. The van der Waals surface area contributed by atoms with Gasteiger partial charge in [-0.25, -0.2) is 15.6 Å². The lowest BCUT2D eigenvalue weighted by Crippen LogP contribution is -2.35. The third-order valence-electron chi connectivity index (χ3n) is 1.80. The zero-order valence-corrected chi connectivity index (χ0v) is 8.51. The average Bonchev–Trinajstić information content (AvgIpc) is 2.18. The van der Waals surface area contributed by atoms with Crippen molar-refractivity contribution in [2.24, 2.45) is 10.8 Å². The maximum atomic E-state index is 10.9. The fraction of sp³-hybridized carbons (Fsp3) is 0.222. The molecule has 0 aliphatic heterocycles. The van der Waals surface area contributed by atoms with Crippen LogP contribution in [-0.4, -0.2) is 41.0 Å². The van der Waals surface area contributed by atoms with Gasteiger partial charge in [0.1, 0.15) is 5.84 Å². The first-order valence-corrected chi connectivity index (χ1v) is 4.21. The van der Waals surface area contributed by atoms with Gasteiger partial charge in [-0.1, -0.05) is 0 Å². The monoisotopic (exact) mass is 208 g/mol. The van der Waals surface area contributed by atoms with Crippen molar-refractivity contribution in [2.75, 3.05) is 14.1 Å². The number of hydrazine groups is 1. The number of aliphatic imine (C=N–C) groups is 1. The Hall–Kier alpha value is -1.95. The van der Waals surface area contributed by atoms with E-state index in [0.29, 0.717) is 11.4 Å². The summed E-state index contributed by atoms with van der Waals surface area (Å²) >= 11 is 0. The lowest BCUT2D eigenvalue weighted by Gasteiger charge is -2.15. The van der Waals surface area contributed by atoms with Crippen LogP contribution in [0.15, 0.2) is 23.3 Å². The largest absolute Gasteiger partial charge is 0.476 e. The summed E-state index contributed by atoms with van der Waals surface area (Å²) in [6.07, 6.45) is 1.41. The van der Waals surface area contributed by atoms with Crippen molar-refractivity contribution in [1.29, 1.82) is 0 Å². The lowest BCUT2D eigenvalue weighted by atomic mass is 10.1. The van der Waals surface area contributed by atoms with Crippen LogP contribution in [-0.2, 0) is 0 Å². The van der Waals surface area contributed by atoms with Gasteiger partial charge in [0.25, 0.3) is 0 Å². The second kappa shape index (κ2) is 4.52. The topological polar surface area (TPSA) is 91.8 Å². The molecule has 0 amide bonds. The van der Waals surface area contributed by atoms with Gasteiger partial charge in [-0.3, -0.25) is 10.0 Å². The van der Waals surface area contributed by atoms with E-state index >= 15 is 0 Å². The van der Waals surface area contributed by atoms with Gasteiger partial charge in [-0.15, -0.1) is 0 Å². The van der Waals surface area contributed by atoms with Crippen LogP contribution < -0.4 is 5.84 Å². The smallest absolute Gasteiger partial charge is 0.355 e. The Morgan fingerprint density at radius 1 is 1.67 bits per heavy atom. The average molecular weight is 208 g/mol. The van der Waals surface area contributed by atoms with E-state index in [1.54, 1.807) is 19.2 Å². The van der Waals surface area contributed by atoms with Crippen LogP contribution in [0.1, 0.15) is 16.1 Å². The van der Waals surface area contributed by atoms with Crippen LogP contribution in [0.4, 0.5) is 0 Å². The molecule has 0 spiro atoms. The summed E-state index contributed by atoms with van der Waals surface area (Å²) in [5.41, 5.74) is 0.341. The molecule has 0 bridgehead atoms. The normalized spacial score (nSPS) is 11.3. The van der Waals surface area contributed by atoms with Gasteiger partial charge in [0, 0.05) is 20.3 Å². The molecule has 0 unspecified atom stereocenters. The molecule has 1 aromatic rings. The van der Waals surface area contributed by atoms with E-state index in [1.807, 2.05) is 0 Å². The van der Waals surface area contributed by atoms with Crippen LogP contribution in [0.3, 0.4) is 0 Å². The summed E-state index contributed by atoms with van der Waals surface area (Å²) in [6.45, 7) is 0. The maximum absolute atomic E-state index is 10.9. The van der Waals surface area contributed by atoms with Crippen LogP contribution >= 0.6 is 0 Å². The van der Waals surface area contributed by atoms with E-state index in [2.05, 4.69) is 9.98 Å². The Labute approximate surface area is 87.0 Å². The number of carbonyl (C=O) groups is 1. The second-order valence-electron chi connectivity index (χ2n) is 2.86. The third-order valence-corrected chi connectivity index (χ3v) is 1.80. The molecule has 3 N–H and O–H groups in total. The van der Waals surface area contributed by atoms with Crippen LogP contribution in [0.2, 0.25) is 0 Å². The summed E-state index contributed by atoms with van der Waals surface area (Å²) in [5, 5.41) is 10.2. The third kappa shape index (κ3) is 2.29. The van der Waals surface area contributed by atoms with Crippen molar-refractivity contribution >= 4 is 11.8 Å². The van der Waals surface area contributed by atoms with Gasteiger partial charge in [0.2, 0.25) is 0 Å². The number of amidine groups is 1. The predicted molar refractivity (Wildman–Crippen MR) is 55.6 cm³/mol. The molecule has 0 atom stereocenters. The molecule has 80 valence electrons. The molecule has 1 heterocycles. The fourth-order valence-corrected chi connectivity index (χ4v) is 1.22. The summed E-state index contributed by atoms with van der Waals surface area (Å²) < 4.78 is 0. The number of nitrogens with zero attached hydrogens (tertiary/aromatic N) is 3. The molecule has 15 heavy (non-hydrogen) atoms.